The molecule has 0 heterocycles. The van der Waals surface area contributed by atoms with Crippen molar-refractivity contribution < 1.29 is 33.0 Å². The molecule has 1 amide bonds. The molecule has 1 aromatic rings. The van der Waals surface area contributed by atoms with Crippen molar-refractivity contribution >= 4 is 17.8 Å². The summed E-state index contributed by atoms with van der Waals surface area (Å²) >= 11 is 0. The Morgan fingerprint density at radius 3 is 2.26 bits per heavy atom. The summed E-state index contributed by atoms with van der Waals surface area (Å²) in [5.41, 5.74) is -0.350. The van der Waals surface area contributed by atoms with Crippen molar-refractivity contribution in [1.29, 1.82) is 0 Å². The number of esters is 1. The van der Waals surface area contributed by atoms with Crippen molar-refractivity contribution in [2.75, 3.05) is 6.61 Å². The van der Waals surface area contributed by atoms with Crippen LogP contribution in [0.15, 0.2) is 18.2 Å². The van der Waals surface area contributed by atoms with E-state index < -0.39 is 41.4 Å². The highest BCUT2D eigenvalue weighted by molar-refractivity contribution is 5.96. The number of aliphatic carboxylic acids is 1. The summed E-state index contributed by atoms with van der Waals surface area (Å²) < 4.78 is 30.9. The van der Waals surface area contributed by atoms with Gasteiger partial charge in [-0.2, -0.15) is 0 Å². The number of halogens is 2. The highest BCUT2D eigenvalue weighted by Gasteiger charge is 2.27. The van der Waals surface area contributed by atoms with E-state index in [0.717, 1.165) is 12.1 Å². The van der Waals surface area contributed by atoms with Crippen molar-refractivity contribution in [2.24, 2.45) is 5.92 Å². The van der Waals surface area contributed by atoms with Crippen molar-refractivity contribution in [3.63, 3.8) is 0 Å². The number of hydrogen-bond donors (Lipinski definition) is 2. The number of carbonyl (C=O) groups is 3. The number of hydrogen-bond acceptors (Lipinski definition) is 4. The Bertz CT molecular complexity index is 585. The number of nitrogens with one attached hydrogen (secondary N) is 1. The molecule has 1 rings (SSSR count). The molecule has 2 atom stereocenters. The van der Waals surface area contributed by atoms with Crippen molar-refractivity contribution in [1.82, 2.24) is 5.32 Å². The first-order valence-electron chi connectivity index (χ1n) is 6.91. The highest BCUT2D eigenvalue weighted by Crippen LogP contribution is 2.12. The fraction of sp³-hybridized carbons (Fsp3) is 0.400. The number of ether oxygens (including phenoxy) is 1. The normalized spacial score (nSPS) is 13.0. The lowest BCUT2D eigenvalue weighted by Crippen LogP contribution is -2.42. The summed E-state index contributed by atoms with van der Waals surface area (Å²) in [6, 6.07) is 0.764. The second kappa shape index (κ2) is 8.21. The maximum atomic E-state index is 13.1. The Balaban J connectivity index is 2.81. The third-order valence-corrected chi connectivity index (χ3v) is 3.01. The molecule has 0 saturated heterocycles. The predicted molar refractivity (Wildman–Crippen MR) is 75.7 cm³/mol. The van der Waals surface area contributed by atoms with E-state index in [1.54, 1.807) is 6.92 Å². The molecule has 126 valence electrons. The van der Waals surface area contributed by atoms with Gasteiger partial charge in [0, 0.05) is 11.6 Å². The minimum absolute atomic E-state index is 0.149. The fourth-order valence-electron chi connectivity index (χ4n) is 1.88. The van der Waals surface area contributed by atoms with E-state index in [1.807, 2.05) is 0 Å². The van der Waals surface area contributed by atoms with Gasteiger partial charge in [-0.05, 0) is 25.5 Å². The molecular formula is C15H17F2NO5. The zero-order valence-corrected chi connectivity index (χ0v) is 12.6. The maximum absolute atomic E-state index is 13.1. The topological polar surface area (TPSA) is 92.7 Å². The molecule has 0 aliphatic heterocycles. The molecule has 0 aromatic heterocycles. The van der Waals surface area contributed by atoms with E-state index in [2.05, 4.69) is 5.32 Å². The van der Waals surface area contributed by atoms with E-state index in [4.69, 9.17) is 9.84 Å². The maximum Gasteiger partial charge on any atom is 0.326 e. The number of amides is 1. The summed E-state index contributed by atoms with van der Waals surface area (Å²) in [5.74, 6) is -5.59. The Morgan fingerprint density at radius 2 is 1.78 bits per heavy atom. The second-order valence-corrected chi connectivity index (χ2v) is 4.91. The molecule has 8 heteroatoms. The van der Waals surface area contributed by atoms with Gasteiger partial charge in [-0.3, -0.25) is 9.59 Å². The van der Waals surface area contributed by atoms with E-state index >= 15 is 0 Å². The van der Waals surface area contributed by atoms with E-state index in [9.17, 15) is 23.2 Å². The number of carboxylic acid groups (broad SMARTS) is 1. The molecule has 0 saturated carbocycles. The average molecular weight is 329 g/mol. The minimum atomic E-state index is -1.40. The van der Waals surface area contributed by atoms with Gasteiger partial charge in [-0.1, -0.05) is 6.92 Å². The van der Waals surface area contributed by atoms with Crippen LogP contribution in [0.5, 0.6) is 0 Å². The molecule has 23 heavy (non-hydrogen) atoms. The SMILES string of the molecule is CCOC(=O)[C@@H](C)C[C@H](NC(=O)c1cc(F)cc(F)c1)C(=O)O. The highest BCUT2D eigenvalue weighted by atomic mass is 19.1. The standard InChI is InChI=1S/C15H17F2NO5/c1-3-23-15(22)8(2)4-12(14(20)21)18-13(19)9-5-10(16)7-11(17)6-9/h5-8,12H,3-4H2,1-2H3,(H,18,19)(H,20,21)/t8-,12-/m0/s1. The van der Waals surface area contributed by atoms with Crippen LogP contribution >= 0.6 is 0 Å². The van der Waals surface area contributed by atoms with Gasteiger partial charge in [0.15, 0.2) is 0 Å². The molecule has 0 unspecified atom stereocenters. The number of carbonyl (C=O) groups excluding carboxylic acids is 2. The van der Waals surface area contributed by atoms with E-state index in [1.165, 1.54) is 6.92 Å². The van der Waals surface area contributed by atoms with E-state index in [0.29, 0.717) is 6.07 Å². The van der Waals surface area contributed by atoms with Gasteiger partial charge in [-0.25, -0.2) is 13.6 Å². The monoisotopic (exact) mass is 329 g/mol. The second-order valence-electron chi connectivity index (χ2n) is 4.91. The van der Waals surface area contributed by atoms with Crippen molar-refractivity contribution in [2.45, 2.75) is 26.3 Å². The fourth-order valence-corrected chi connectivity index (χ4v) is 1.88. The van der Waals surface area contributed by atoms with Crippen molar-refractivity contribution in [3.8, 4) is 0 Å². The van der Waals surface area contributed by atoms with Crippen LogP contribution in [0.25, 0.3) is 0 Å². The van der Waals surface area contributed by atoms with Crippen LogP contribution in [0.1, 0.15) is 30.6 Å². The molecule has 2 N–H and O–H groups in total. The molecule has 1 aromatic carbocycles. The van der Waals surface area contributed by atoms with Crippen molar-refractivity contribution in [3.05, 3.63) is 35.4 Å². The summed E-state index contributed by atoms with van der Waals surface area (Å²) in [6.07, 6.45) is -0.211. The molecule has 0 bridgehead atoms. The van der Waals surface area contributed by atoms with Gasteiger partial charge < -0.3 is 15.2 Å². The third kappa shape index (κ3) is 5.65. The smallest absolute Gasteiger partial charge is 0.326 e. The Kier molecular flexibility index (Phi) is 6.62. The lowest BCUT2D eigenvalue weighted by molar-refractivity contribution is -0.148. The number of carboxylic acids is 1. The zero-order chi connectivity index (χ0) is 17.6. The largest absolute Gasteiger partial charge is 0.480 e. The van der Waals surface area contributed by atoms with Crippen LogP contribution in [0, 0.1) is 17.6 Å². The molecule has 0 aliphatic rings. The molecule has 0 fully saturated rings. The van der Waals surface area contributed by atoms with Crippen LogP contribution < -0.4 is 5.32 Å². The Hall–Kier alpha value is -2.51. The van der Waals surface area contributed by atoms with Gasteiger partial charge in [0.05, 0.1) is 12.5 Å². The summed E-state index contributed by atoms with van der Waals surface area (Å²) in [5, 5.41) is 11.3. The van der Waals surface area contributed by atoms with Crippen LogP contribution in [0.2, 0.25) is 0 Å². The van der Waals surface area contributed by atoms with E-state index in [-0.39, 0.29) is 18.6 Å². The average Bonchev–Trinajstić information content (AvgIpc) is 2.45. The quantitative estimate of drug-likeness (QED) is 0.743. The number of benzene rings is 1. The molecular weight excluding hydrogens is 312 g/mol. The first-order chi connectivity index (χ1) is 10.7. The van der Waals surface area contributed by atoms with Gasteiger partial charge in [0.1, 0.15) is 17.7 Å². The number of rotatable bonds is 7. The zero-order valence-electron chi connectivity index (χ0n) is 12.6. The van der Waals surface area contributed by atoms with Crippen LogP contribution in [0.3, 0.4) is 0 Å². The summed E-state index contributed by atoms with van der Waals surface area (Å²) in [7, 11) is 0. The minimum Gasteiger partial charge on any atom is -0.480 e. The Labute approximate surface area is 131 Å². The molecule has 0 radical (unpaired) electrons. The predicted octanol–water partition coefficient (Wildman–Crippen LogP) is 1.74. The van der Waals surface area contributed by atoms with Gasteiger partial charge in [-0.15, -0.1) is 0 Å². The van der Waals surface area contributed by atoms with Crippen LogP contribution in [-0.4, -0.2) is 35.6 Å². The van der Waals surface area contributed by atoms with Gasteiger partial charge in [0.25, 0.3) is 5.91 Å². The Morgan fingerprint density at radius 1 is 1.22 bits per heavy atom. The van der Waals surface area contributed by atoms with Gasteiger partial charge in [0.2, 0.25) is 0 Å². The first-order valence-corrected chi connectivity index (χ1v) is 6.91. The first kappa shape index (κ1) is 18.5. The molecule has 6 nitrogen and oxygen atoms in total. The lowest BCUT2D eigenvalue weighted by atomic mass is 10.0. The summed E-state index contributed by atoms with van der Waals surface area (Å²) in [4.78, 5) is 34.6. The third-order valence-electron chi connectivity index (χ3n) is 3.01. The van der Waals surface area contributed by atoms with Crippen LogP contribution in [0.4, 0.5) is 8.78 Å². The lowest BCUT2D eigenvalue weighted by Gasteiger charge is -2.18. The molecule has 0 aliphatic carbocycles. The molecule has 0 spiro atoms. The summed E-state index contributed by atoms with van der Waals surface area (Å²) in [6.45, 7) is 3.22. The van der Waals surface area contributed by atoms with Gasteiger partial charge >= 0.3 is 11.9 Å². The van der Waals surface area contributed by atoms with Crippen LogP contribution in [-0.2, 0) is 14.3 Å².